The molecule has 3 aromatic carbocycles. The average Bonchev–Trinajstić information content (AvgIpc) is 3.37. The van der Waals surface area contributed by atoms with Gasteiger partial charge < -0.3 is 5.32 Å². The summed E-state index contributed by atoms with van der Waals surface area (Å²) in [6, 6.07) is 19.1. The molecule has 2 aliphatic heterocycles. The molecule has 3 atom stereocenters. The van der Waals surface area contributed by atoms with Gasteiger partial charge in [0.25, 0.3) is 0 Å². The summed E-state index contributed by atoms with van der Waals surface area (Å²) in [7, 11) is 0. The number of imide groups is 1. The maximum Gasteiger partial charge on any atom is 0.308 e. The van der Waals surface area contributed by atoms with Crippen molar-refractivity contribution >= 4 is 79.7 Å². The minimum atomic E-state index is -0.835. The molecule has 2 unspecified atom stereocenters. The molecule has 12 heteroatoms. The van der Waals surface area contributed by atoms with Gasteiger partial charge in [0.2, 0.25) is 17.7 Å². The average molecular weight is 659 g/mol. The highest BCUT2D eigenvalue weighted by Gasteiger charge is 2.56. The van der Waals surface area contributed by atoms with Gasteiger partial charge in [0.05, 0.1) is 16.6 Å². The van der Waals surface area contributed by atoms with Gasteiger partial charge in [-0.3, -0.25) is 23.7 Å². The van der Waals surface area contributed by atoms with E-state index in [0.717, 1.165) is 27.6 Å². The highest BCUT2D eigenvalue weighted by atomic mass is 79.9. The van der Waals surface area contributed by atoms with E-state index in [1.807, 2.05) is 0 Å². The summed E-state index contributed by atoms with van der Waals surface area (Å²) in [4.78, 5) is 55.0. The van der Waals surface area contributed by atoms with Gasteiger partial charge >= 0.3 is 4.87 Å². The fourth-order valence-electron chi connectivity index (χ4n) is 5.01. The maximum atomic E-state index is 13.8. The van der Waals surface area contributed by atoms with E-state index in [4.69, 9.17) is 11.6 Å². The van der Waals surface area contributed by atoms with Gasteiger partial charge in [0, 0.05) is 26.0 Å². The third kappa shape index (κ3) is 4.81. The Morgan fingerprint density at radius 3 is 2.30 bits per heavy atom. The van der Waals surface area contributed by atoms with Gasteiger partial charge in [-0.25, -0.2) is 9.29 Å². The number of carbonyl (C=O) groups excluding carboxylic acids is 3. The molecular formula is C28H18BrClFN3O4S2. The summed E-state index contributed by atoms with van der Waals surface area (Å²) in [5.74, 6) is -3.16. The van der Waals surface area contributed by atoms with Crippen molar-refractivity contribution in [2.24, 2.45) is 5.92 Å². The zero-order valence-electron chi connectivity index (χ0n) is 20.3. The van der Waals surface area contributed by atoms with Crippen molar-refractivity contribution in [3.05, 3.63) is 108 Å². The molecule has 40 heavy (non-hydrogen) atoms. The summed E-state index contributed by atoms with van der Waals surface area (Å²) >= 11 is 11.3. The van der Waals surface area contributed by atoms with Crippen LogP contribution in [0.2, 0.25) is 5.02 Å². The second kappa shape index (κ2) is 10.6. The van der Waals surface area contributed by atoms with Crippen molar-refractivity contribution in [2.45, 2.75) is 22.7 Å². The normalized spacial score (nSPS) is 19.9. The molecular weight excluding hydrogens is 641 g/mol. The van der Waals surface area contributed by atoms with Crippen LogP contribution in [0.1, 0.15) is 16.4 Å². The topological polar surface area (TPSA) is 88.5 Å². The SMILES string of the molecule is O=C(Cn1c2c(sc1=O)[C@H](c1ccc(F)cc1)C1C(=O)N(c3ccc(Br)cc3)C(=O)C1S2)Nc1ccc(Cl)cc1. The third-order valence-electron chi connectivity index (χ3n) is 6.79. The molecule has 0 spiro atoms. The second-order valence-corrected chi connectivity index (χ2v) is 12.7. The summed E-state index contributed by atoms with van der Waals surface area (Å²) in [5.41, 5.74) is 1.56. The van der Waals surface area contributed by atoms with E-state index in [0.29, 0.717) is 31.9 Å². The lowest BCUT2D eigenvalue weighted by Gasteiger charge is -2.30. The summed E-state index contributed by atoms with van der Waals surface area (Å²) in [5, 5.41) is 2.89. The number of fused-ring (bicyclic) bond motifs is 2. The van der Waals surface area contributed by atoms with Crippen LogP contribution in [0.5, 0.6) is 0 Å². The first kappa shape index (κ1) is 26.9. The van der Waals surface area contributed by atoms with Crippen LogP contribution in [0.3, 0.4) is 0 Å². The molecule has 1 fully saturated rings. The third-order valence-corrected chi connectivity index (χ3v) is 10.2. The van der Waals surface area contributed by atoms with Crippen LogP contribution in [-0.4, -0.2) is 27.5 Å². The van der Waals surface area contributed by atoms with Gasteiger partial charge in [-0.1, -0.05) is 62.8 Å². The number of nitrogens with zero attached hydrogens (tertiary/aromatic N) is 2. The van der Waals surface area contributed by atoms with Crippen LogP contribution in [0.4, 0.5) is 15.8 Å². The maximum absolute atomic E-state index is 13.8. The first-order chi connectivity index (χ1) is 19.2. The van der Waals surface area contributed by atoms with Crippen LogP contribution in [-0.2, 0) is 20.9 Å². The minimum Gasteiger partial charge on any atom is -0.325 e. The fraction of sp³-hybridized carbons (Fsp3) is 0.143. The van der Waals surface area contributed by atoms with E-state index in [1.165, 1.54) is 21.6 Å². The van der Waals surface area contributed by atoms with Gasteiger partial charge in [-0.15, -0.1) is 0 Å². The summed E-state index contributed by atoms with van der Waals surface area (Å²) in [6.45, 7) is -0.285. The van der Waals surface area contributed by atoms with Gasteiger partial charge in [-0.2, -0.15) is 0 Å². The second-order valence-electron chi connectivity index (χ2n) is 9.26. The Bertz CT molecular complexity index is 1710. The molecule has 0 aliphatic carbocycles. The molecule has 0 radical (unpaired) electrons. The monoisotopic (exact) mass is 657 g/mol. The number of anilines is 2. The number of aromatic nitrogens is 1. The van der Waals surface area contributed by atoms with Crippen LogP contribution >= 0.6 is 50.6 Å². The Hall–Kier alpha value is -3.25. The molecule has 4 aromatic rings. The summed E-state index contributed by atoms with van der Waals surface area (Å²) < 4.78 is 16.0. The van der Waals surface area contributed by atoms with Crippen LogP contribution in [0.15, 0.2) is 87.1 Å². The Labute approximate surface area is 249 Å². The van der Waals surface area contributed by atoms with Crippen molar-refractivity contribution < 1.29 is 18.8 Å². The molecule has 1 saturated heterocycles. The van der Waals surface area contributed by atoms with Crippen molar-refractivity contribution in [1.29, 1.82) is 0 Å². The predicted molar refractivity (Wildman–Crippen MR) is 157 cm³/mol. The van der Waals surface area contributed by atoms with E-state index in [-0.39, 0.29) is 11.4 Å². The largest absolute Gasteiger partial charge is 0.325 e. The number of benzene rings is 3. The molecule has 2 aliphatic rings. The highest BCUT2D eigenvalue weighted by Crippen LogP contribution is 2.53. The molecule has 1 aromatic heterocycles. The number of hydrogen-bond acceptors (Lipinski definition) is 6. The Balaban J connectivity index is 1.40. The van der Waals surface area contributed by atoms with Crippen LogP contribution < -0.4 is 15.1 Å². The first-order valence-corrected chi connectivity index (χ1v) is 14.9. The molecule has 7 nitrogen and oxygen atoms in total. The van der Waals surface area contributed by atoms with E-state index < -0.39 is 40.6 Å². The lowest BCUT2D eigenvalue weighted by Crippen LogP contribution is -2.33. The Kier molecular flexibility index (Phi) is 7.16. The number of hydrogen-bond donors (Lipinski definition) is 1. The van der Waals surface area contributed by atoms with Crippen LogP contribution in [0.25, 0.3) is 0 Å². The molecule has 202 valence electrons. The van der Waals surface area contributed by atoms with E-state index in [2.05, 4.69) is 21.2 Å². The molecule has 3 amide bonds. The summed E-state index contributed by atoms with van der Waals surface area (Å²) in [6.07, 6.45) is 0. The number of thiazole rings is 1. The van der Waals surface area contributed by atoms with Crippen molar-refractivity contribution in [1.82, 2.24) is 4.57 Å². The highest BCUT2D eigenvalue weighted by molar-refractivity contribution is 9.10. The molecule has 0 bridgehead atoms. The van der Waals surface area contributed by atoms with Crippen molar-refractivity contribution in [2.75, 3.05) is 10.2 Å². The van der Waals surface area contributed by atoms with E-state index in [9.17, 15) is 23.6 Å². The van der Waals surface area contributed by atoms with E-state index >= 15 is 0 Å². The lowest BCUT2D eigenvalue weighted by molar-refractivity contribution is -0.122. The molecule has 0 saturated carbocycles. The van der Waals surface area contributed by atoms with Gasteiger partial charge in [0.1, 0.15) is 17.6 Å². The minimum absolute atomic E-state index is 0.285. The number of halogens is 3. The number of carbonyl (C=O) groups is 3. The number of amides is 3. The molecule has 6 rings (SSSR count). The van der Waals surface area contributed by atoms with Gasteiger partial charge in [-0.05, 0) is 66.2 Å². The zero-order valence-corrected chi connectivity index (χ0v) is 24.3. The first-order valence-electron chi connectivity index (χ1n) is 12.1. The Morgan fingerprint density at radius 2 is 1.62 bits per heavy atom. The predicted octanol–water partition coefficient (Wildman–Crippen LogP) is 5.90. The van der Waals surface area contributed by atoms with Crippen molar-refractivity contribution in [3.63, 3.8) is 0 Å². The number of nitrogens with one attached hydrogen (secondary N) is 1. The smallest absolute Gasteiger partial charge is 0.308 e. The van der Waals surface area contributed by atoms with E-state index in [1.54, 1.807) is 60.7 Å². The fourth-order valence-corrected chi connectivity index (χ4v) is 8.17. The lowest BCUT2D eigenvalue weighted by atomic mass is 9.83. The number of thioether (sulfide) groups is 1. The molecule has 1 N–H and O–H groups in total. The Morgan fingerprint density at radius 1 is 0.950 bits per heavy atom. The molecule has 3 heterocycles. The number of rotatable bonds is 5. The zero-order chi connectivity index (χ0) is 28.1. The van der Waals surface area contributed by atoms with Crippen LogP contribution in [0, 0.1) is 11.7 Å². The van der Waals surface area contributed by atoms with Crippen molar-refractivity contribution in [3.8, 4) is 0 Å². The van der Waals surface area contributed by atoms with Gasteiger partial charge in [0.15, 0.2) is 0 Å². The standard InChI is InChI=1S/C28H18BrClFN3O4S2/c29-15-3-11-19(12-4-15)34-25(36)22-21(14-1-7-17(31)8-2-14)24-27(39-23(22)26(34)37)33(28(38)40-24)13-20(35)32-18-9-5-16(30)6-10-18/h1-12,21-23H,13H2,(H,32,35)/t21-,22?,23?/m1/s1. The quantitative estimate of drug-likeness (QED) is 0.270.